The molecule has 0 saturated carbocycles. The molecule has 1 saturated heterocycles. The first kappa shape index (κ1) is 20.5. The van der Waals surface area contributed by atoms with E-state index in [2.05, 4.69) is 55.8 Å². The number of rotatable bonds is 6. The maximum absolute atomic E-state index is 12.5. The average molecular weight is 494 g/mol. The Hall–Kier alpha value is -1.20. The lowest BCUT2D eigenvalue weighted by molar-refractivity contribution is -0.118. The lowest BCUT2D eigenvalue weighted by atomic mass is 9.98. The molecule has 0 spiro atoms. The van der Waals surface area contributed by atoms with Crippen LogP contribution in [0.3, 0.4) is 0 Å². The van der Waals surface area contributed by atoms with Gasteiger partial charge in [0.15, 0.2) is 0 Å². The number of carbonyl (C=O) groups excluding carboxylic acids is 1. The minimum absolute atomic E-state index is 0.263. The van der Waals surface area contributed by atoms with Gasteiger partial charge in [-0.1, -0.05) is 44.8 Å². The van der Waals surface area contributed by atoms with E-state index >= 15 is 0 Å². The summed E-state index contributed by atoms with van der Waals surface area (Å²) in [5, 5.41) is 0. The predicted molar refractivity (Wildman–Crippen MR) is 118 cm³/mol. The number of aromatic nitrogens is 1. The number of hydrogen-bond donors (Lipinski definition) is 0. The van der Waals surface area contributed by atoms with Crippen molar-refractivity contribution < 1.29 is 4.79 Å². The fraction of sp³-hybridized carbons (Fsp3) is 0.455. The zero-order valence-electron chi connectivity index (χ0n) is 16.0. The summed E-state index contributed by atoms with van der Waals surface area (Å²) in [4.78, 5) is 19.8. The molecule has 1 fully saturated rings. The molecule has 3 nitrogen and oxygen atoms in total. The van der Waals surface area contributed by atoms with Gasteiger partial charge in [0.2, 0.25) is 0 Å². The van der Waals surface area contributed by atoms with Crippen molar-refractivity contribution in [2.75, 3.05) is 18.0 Å². The van der Waals surface area contributed by atoms with E-state index in [-0.39, 0.29) is 5.78 Å². The van der Waals surface area contributed by atoms with Crippen LogP contribution in [0.5, 0.6) is 0 Å². The van der Waals surface area contributed by atoms with Crippen molar-refractivity contribution in [1.29, 1.82) is 0 Å². The molecule has 144 valence electrons. The number of ketones is 1. The van der Waals surface area contributed by atoms with Gasteiger partial charge in [-0.05, 0) is 67.5 Å². The van der Waals surface area contributed by atoms with Gasteiger partial charge in [-0.3, -0.25) is 4.79 Å². The van der Waals surface area contributed by atoms with Crippen LogP contribution in [0.15, 0.2) is 39.3 Å². The van der Waals surface area contributed by atoms with Gasteiger partial charge in [0.05, 0.1) is 0 Å². The first-order chi connectivity index (χ1) is 12.9. The van der Waals surface area contributed by atoms with E-state index in [0.29, 0.717) is 12.8 Å². The number of pyridine rings is 1. The van der Waals surface area contributed by atoms with Crippen molar-refractivity contribution >= 4 is 43.5 Å². The Morgan fingerprint density at radius 2 is 1.81 bits per heavy atom. The molecule has 3 rings (SSSR count). The van der Waals surface area contributed by atoms with E-state index < -0.39 is 0 Å². The summed E-state index contributed by atoms with van der Waals surface area (Å²) in [5.74, 6) is 2.14. The number of nitrogens with zero attached hydrogens (tertiary/aromatic N) is 2. The number of aryl methyl sites for hydroxylation is 2. The van der Waals surface area contributed by atoms with Gasteiger partial charge in [-0.15, -0.1) is 0 Å². The molecule has 1 aromatic heterocycles. The Morgan fingerprint density at radius 1 is 1.15 bits per heavy atom. The van der Waals surface area contributed by atoms with Crippen molar-refractivity contribution in [3.8, 4) is 0 Å². The van der Waals surface area contributed by atoms with E-state index in [4.69, 9.17) is 4.98 Å². The summed E-state index contributed by atoms with van der Waals surface area (Å²) in [6.07, 6.45) is 4.19. The Labute approximate surface area is 178 Å². The van der Waals surface area contributed by atoms with E-state index in [1.807, 2.05) is 25.1 Å². The molecule has 0 radical (unpaired) electrons. The molecule has 1 aromatic carbocycles. The second-order valence-corrected chi connectivity index (χ2v) is 9.43. The topological polar surface area (TPSA) is 33.2 Å². The second-order valence-electron chi connectivity index (χ2n) is 7.60. The molecule has 0 unspecified atom stereocenters. The number of carbonyl (C=O) groups is 1. The summed E-state index contributed by atoms with van der Waals surface area (Å²) in [6.45, 7) is 6.48. The van der Waals surface area contributed by atoms with Crippen molar-refractivity contribution in [1.82, 2.24) is 4.98 Å². The molecule has 0 N–H and O–H groups in total. The highest BCUT2D eigenvalue weighted by Gasteiger charge is 2.20. The van der Waals surface area contributed by atoms with Crippen LogP contribution in [0.4, 0.5) is 5.82 Å². The first-order valence-corrected chi connectivity index (χ1v) is 11.2. The molecular formula is C22H26Br2N2O. The SMILES string of the molecule is Cc1ccc(CCC(=O)Cc2cc(Br)cc(Br)c2)c(N2CCC(C)CC2)n1. The van der Waals surface area contributed by atoms with Gasteiger partial charge < -0.3 is 4.90 Å². The summed E-state index contributed by atoms with van der Waals surface area (Å²) in [7, 11) is 0. The van der Waals surface area contributed by atoms with E-state index in [1.165, 1.54) is 18.4 Å². The van der Waals surface area contributed by atoms with E-state index in [9.17, 15) is 4.79 Å². The zero-order chi connectivity index (χ0) is 19.4. The third-order valence-corrected chi connectivity index (χ3v) is 6.09. The van der Waals surface area contributed by atoms with Gasteiger partial charge in [-0.2, -0.15) is 0 Å². The number of Topliss-reactive ketones (excluding diaryl/α,β-unsaturated/α-hetero) is 1. The van der Waals surface area contributed by atoms with Crippen molar-refractivity contribution in [3.63, 3.8) is 0 Å². The van der Waals surface area contributed by atoms with Crippen LogP contribution in [0.2, 0.25) is 0 Å². The first-order valence-electron chi connectivity index (χ1n) is 9.59. The fourth-order valence-corrected chi connectivity index (χ4v) is 4.95. The number of benzene rings is 1. The summed E-state index contributed by atoms with van der Waals surface area (Å²) < 4.78 is 1.98. The average Bonchev–Trinajstić information content (AvgIpc) is 2.60. The predicted octanol–water partition coefficient (Wildman–Crippen LogP) is 5.90. The van der Waals surface area contributed by atoms with Crippen molar-refractivity contribution in [2.24, 2.45) is 5.92 Å². The molecule has 2 heterocycles. The molecule has 0 aliphatic carbocycles. The highest BCUT2D eigenvalue weighted by atomic mass is 79.9. The molecule has 1 aliphatic heterocycles. The number of hydrogen-bond acceptors (Lipinski definition) is 3. The normalized spacial score (nSPS) is 15.2. The molecule has 27 heavy (non-hydrogen) atoms. The summed E-state index contributed by atoms with van der Waals surface area (Å²) in [6, 6.07) is 10.2. The third-order valence-electron chi connectivity index (χ3n) is 5.18. The molecule has 0 bridgehead atoms. The van der Waals surface area contributed by atoms with Gasteiger partial charge in [-0.25, -0.2) is 4.98 Å². The molecule has 2 aromatic rings. The third kappa shape index (κ3) is 5.89. The number of halogens is 2. The van der Waals surface area contributed by atoms with Crippen LogP contribution in [-0.2, 0) is 17.6 Å². The Kier molecular flexibility index (Phi) is 7.10. The van der Waals surface area contributed by atoms with E-state index in [0.717, 1.165) is 51.4 Å². The maximum atomic E-state index is 12.5. The van der Waals surface area contributed by atoms with Crippen LogP contribution >= 0.6 is 31.9 Å². The summed E-state index contributed by atoms with van der Waals surface area (Å²) in [5.41, 5.74) is 3.27. The monoisotopic (exact) mass is 492 g/mol. The molecule has 0 atom stereocenters. The quantitative estimate of drug-likeness (QED) is 0.502. The Morgan fingerprint density at radius 3 is 2.48 bits per heavy atom. The summed E-state index contributed by atoms with van der Waals surface area (Å²) >= 11 is 6.98. The lowest BCUT2D eigenvalue weighted by Gasteiger charge is -2.32. The van der Waals surface area contributed by atoms with Crippen LogP contribution in [-0.4, -0.2) is 23.9 Å². The van der Waals surface area contributed by atoms with Crippen LogP contribution in [0.1, 0.15) is 43.0 Å². The van der Waals surface area contributed by atoms with E-state index in [1.54, 1.807) is 0 Å². The Bertz CT molecular complexity index is 794. The maximum Gasteiger partial charge on any atom is 0.137 e. The molecule has 0 amide bonds. The van der Waals surface area contributed by atoms with Gasteiger partial charge in [0, 0.05) is 40.6 Å². The van der Waals surface area contributed by atoms with Crippen LogP contribution < -0.4 is 4.90 Å². The van der Waals surface area contributed by atoms with Crippen molar-refractivity contribution in [2.45, 2.75) is 46.0 Å². The molecule has 5 heteroatoms. The number of anilines is 1. The highest BCUT2D eigenvalue weighted by molar-refractivity contribution is 9.11. The second kappa shape index (κ2) is 9.33. The highest BCUT2D eigenvalue weighted by Crippen LogP contribution is 2.26. The Balaban J connectivity index is 1.65. The molecule has 1 aliphatic rings. The largest absolute Gasteiger partial charge is 0.356 e. The smallest absolute Gasteiger partial charge is 0.137 e. The fourth-order valence-electron chi connectivity index (χ4n) is 3.56. The number of piperidine rings is 1. The van der Waals surface area contributed by atoms with Gasteiger partial charge in [0.25, 0.3) is 0 Å². The zero-order valence-corrected chi connectivity index (χ0v) is 19.1. The standard InChI is InChI=1S/C22H26Br2N2O/c1-15-7-9-26(10-8-15)22-18(4-3-16(2)25-22)5-6-21(27)13-17-11-19(23)14-20(24)12-17/h3-4,11-12,14-15H,5-10,13H2,1-2H3. The molecular weight excluding hydrogens is 468 g/mol. The van der Waals surface area contributed by atoms with Crippen LogP contribution in [0, 0.1) is 12.8 Å². The lowest BCUT2D eigenvalue weighted by Crippen LogP contribution is -2.34. The van der Waals surface area contributed by atoms with Crippen molar-refractivity contribution in [3.05, 3.63) is 56.1 Å². The minimum atomic E-state index is 0.263. The minimum Gasteiger partial charge on any atom is -0.356 e. The van der Waals surface area contributed by atoms with Gasteiger partial charge in [0.1, 0.15) is 11.6 Å². The van der Waals surface area contributed by atoms with Gasteiger partial charge >= 0.3 is 0 Å². The van der Waals surface area contributed by atoms with Crippen LogP contribution in [0.25, 0.3) is 0 Å².